The zero-order valence-corrected chi connectivity index (χ0v) is 21.3. The van der Waals surface area contributed by atoms with Crippen LogP contribution in [0.4, 0.5) is 4.39 Å². The van der Waals surface area contributed by atoms with Crippen molar-refractivity contribution >= 4 is 11.8 Å². The van der Waals surface area contributed by atoms with Crippen molar-refractivity contribution in [1.82, 2.24) is 9.80 Å². The molecular weight excluding hydrogens is 459 g/mol. The highest BCUT2D eigenvalue weighted by Gasteiger charge is 2.32. The lowest BCUT2D eigenvalue weighted by molar-refractivity contribution is -0.134. The maximum absolute atomic E-state index is 13.7. The minimum Gasteiger partial charge on any atom is -0.486 e. The number of rotatable bonds is 8. The van der Waals surface area contributed by atoms with E-state index in [1.807, 2.05) is 43.9 Å². The van der Waals surface area contributed by atoms with E-state index in [4.69, 9.17) is 9.15 Å². The summed E-state index contributed by atoms with van der Waals surface area (Å²) in [6.07, 6.45) is 1.20. The van der Waals surface area contributed by atoms with Crippen molar-refractivity contribution in [2.24, 2.45) is 5.92 Å². The van der Waals surface area contributed by atoms with Crippen LogP contribution in [0, 0.1) is 11.7 Å². The lowest BCUT2D eigenvalue weighted by atomic mass is 9.87. The van der Waals surface area contributed by atoms with Gasteiger partial charge < -0.3 is 19.0 Å². The van der Waals surface area contributed by atoms with E-state index in [1.54, 1.807) is 36.2 Å². The molecule has 0 unspecified atom stereocenters. The Hall–Kier alpha value is -3.61. The molecule has 0 aliphatic carbocycles. The van der Waals surface area contributed by atoms with Crippen molar-refractivity contribution in [1.29, 1.82) is 0 Å². The van der Waals surface area contributed by atoms with Gasteiger partial charge >= 0.3 is 0 Å². The second-order valence-electron chi connectivity index (χ2n) is 9.62. The summed E-state index contributed by atoms with van der Waals surface area (Å²) in [6, 6.07) is 15.3. The number of hydrogen-bond acceptors (Lipinski definition) is 4. The highest BCUT2D eigenvalue weighted by atomic mass is 19.1. The van der Waals surface area contributed by atoms with Crippen molar-refractivity contribution in [2.45, 2.75) is 46.3 Å². The average molecular weight is 493 g/mol. The Morgan fingerprint density at radius 2 is 1.89 bits per heavy atom. The predicted molar refractivity (Wildman–Crippen MR) is 135 cm³/mol. The van der Waals surface area contributed by atoms with Crippen molar-refractivity contribution < 1.29 is 23.1 Å². The largest absolute Gasteiger partial charge is 0.486 e. The molecule has 0 bridgehead atoms. The maximum Gasteiger partial charge on any atom is 0.289 e. The van der Waals surface area contributed by atoms with Crippen LogP contribution in [-0.4, -0.2) is 41.8 Å². The van der Waals surface area contributed by atoms with Gasteiger partial charge in [0.15, 0.2) is 5.76 Å². The molecule has 0 saturated carbocycles. The Kier molecular flexibility index (Phi) is 7.77. The highest BCUT2D eigenvalue weighted by molar-refractivity contribution is 5.91. The molecule has 0 fully saturated rings. The van der Waals surface area contributed by atoms with E-state index >= 15 is 0 Å². The number of furan rings is 1. The number of amides is 2. The molecule has 0 spiro atoms. The van der Waals surface area contributed by atoms with Crippen molar-refractivity contribution in [3.8, 4) is 5.75 Å². The standard InChI is InChI=1S/C29H33FN2O4/c1-5-31(4)29(34)26-13-12-24(36-26)18-35-23-11-8-20-14-15-32(27(33)16-19(2)3)28(25(20)17-23)21-6-9-22(30)10-7-21/h6-13,17,19,28H,5,14-16,18H2,1-4H3/t28-/m1/s1. The summed E-state index contributed by atoms with van der Waals surface area (Å²) >= 11 is 0. The molecule has 7 heteroatoms. The molecule has 1 aliphatic rings. The number of ether oxygens (including phenoxy) is 1. The smallest absolute Gasteiger partial charge is 0.289 e. The Morgan fingerprint density at radius 1 is 1.14 bits per heavy atom. The van der Waals surface area contributed by atoms with Crippen LogP contribution >= 0.6 is 0 Å². The molecule has 0 N–H and O–H groups in total. The summed E-state index contributed by atoms with van der Waals surface area (Å²) in [5.41, 5.74) is 2.97. The lowest BCUT2D eigenvalue weighted by Crippen LogP contribution is -2.41. The van der Waals surface area contributed by atoms with Gasteiger partial charge in [0.05, 0.1) is 6.04 Å². The average Bonchev–Trinajstić information content (AvgIpc) is 3.35. The molecule has 1 aliphatic heterocycles. The van der Waals surface area contributed by atoms with Crippen LogP contribution in [0.2, 0.25) is 0 Å². The van der Waals surface area contributed by atoms with Crippen LogP contribution in [0.1, 0.15) is 66.2 Å². The monoisotopic (exact) mass is 492 g/mol. The van der Waals surface area contributed by atoms with Gasteiger partial charge in [0, 0.05) is 26.6 Å². The molecular formula is C29H33FN2O4. The van der Waals surface area contributed by atoms with E-state index in [9.17, 15) is 14.0 Å². The molecule has 190 valence electrons. The molecule has 2 aromatic carbocycles. The molecule has 1 aromatic heterocycles. The van der Waals surface area contributed by atoms with E-state index in [-0.39, 0.29) is 42.0 Å². The Balaban J connectivity index is 1.59. The molecule has 2 heterocycles. The minimum absolute atomic E-state index is 0.0844. The third kappa shape index (κ3) is 5.61. The summed E-state index contributed by atoms with van der Waals surface area (Å²) in [6.45, 7) is 7.32. The molecule has 0 radical (unpaired) electrons. The third-order valence-electron chi connectivity index (χ3n) is 6.51. The predicted octanol–water partition coefficient (Wildman–Crippen LogP) is 5.61. The van der Waals surface area contributed by atoms with Crippen LogP contribution in [0.25, 0.3) is 0 Å². The highest BCUT2D eigenvalue weighted by Crippen LogP contribution is 2.38. The molecule has 3 aromatic rings. The van der Waals surface area contributed by atoms with E-state index in [2.05, 4.69) is 0 Å². The van der Waals surface area contributed by atoms with E-state index in [0.717, 1.165) is 23.1 Å². The van der Waals surface area contributed by atoms with Crippen molar-refractivity contribution in [3.05, 3.63) is 88.6 Å². The first-order valence-electron chi connectivity index (χ1n) is 12.4. The second-order valence-corrected chi connectivity index (χ2v) is 9.62. The number of carbonyl (C=O) groups is 2. The number of carbonyl (C=O) groups excluding carboxylic acids is 2. The van der Waals surface area contributed by atoms with Crippen LogP contribution < -0.4 is 4.74 Å². The Morgan fingerprint density at radius 3 is 2.58 bits per heavy atom. The summed E-state index contributed by atoms with van der Waals surface area (Å²) in [5.74, 6) is 1.29. The topological polar surface area (TPSA) is 63.0 Å². The second kappa shape index (κ2) is 11.0. The zero-order chi connectivity index (χ0) is 25.8. The fourth-order valence-corrected chi connectivity index (χ4v) is 4.48. The van der Waals surface area contributed by atoms with E-state index in [1.165, 1.54) is 12.1 Å². The number of hydrogen-bond donors (Lipinski definition) is 0. The molecule has 2 amide bonds. The first-order valence-corrected chi connectivity index (χ1v) is 12.4. The van der Waals surface area contributed by atoms with Crippen LogP contribution in [0.3, 0.4) is 0 Å². The van der Waals surface area contributed by atoms with Gasteiger partial charge in [-0.3, -0.25) is 9.59 Å². The summed E-state index contributed by atoms with van der Waals surface area (Å²) in [4.78, 5) is 28.9. The van der Waals surface area contributed by atoms with Gasteiger partial charge in [0.25, 0.3) is 5.91 Å². The molecule has 36 heavy (non-hydrogen) atoms. The number of benzene rings is 2. The quantitative estimate of drug-likeness (QED) is 0.410. The number of fused-ring (bicyclic) bond motifs is 1. The normalized spacial score (nSPS) is 15.1. The molecule has 6 nitrogen and oxygen atoms in total. The fraction of sp³-hybridized carbons (Fsp3) is 0.379. The van der Waals surface area contributed by atoms with Crippen LogP contribution in [-0.2, 0) is 17.8 Å². The fourth-order valence-electron chi connectivity index (χ4n) is 4.48. The lowest BCUT2D eigenvalue weighted by Gasteiger charge is -2.38. The minimum atomic E-state index is -0.318. The maximum atomic E-state index is 13.7. The van der Waals surface area contributed by atoms with E-state index in [0.29, 0.717) is 31.0 Å². The Labute approximate surface area is 211 Å². The van der Waals surface area contributed by atoms with Gasteiger partial charge in [-0.1, -0.05) is 32.0 Å². The third-order valence-corrected chi connectivity index (χ3v) is 6.51. The van der Waals surface area contributed by atoms with Crippen LogP contribution in [0.15, 0.2) is 59.0 Å². The number of nitrogens with zero attached hydrogens (tertiary/aromatic N) is 2. The number of halogens is 1. The van der Waals surface area contributed by atoms with Gasteiger partial charge in [-0.05, 0) is 72.4 Å². The molecule has 1 atom stereocenters. The van der Waals surface area contributed by atoms with Crippen molar-refractivity contribution in [2.75, 3.05) is 20.1 Å². The summed E-state index contributed by atoms with van der Waals surface area (Å²) < 4.78 is 25.4. The Bertz CT molecular complexity index is 1220. The van der Waals surface area contributed by atoms with Gasteiger partial charge in [-0.2, -0.15) is 0 Å². The van der Waals surface area contributed by atoms with E-state index < -0.39 is 0 Å². The summed E-state index contributed by atoms with van der Waals surface area (Å²) in [5, 5.41) is 0. The zero-order valence-electron chi connectivity index (χ0n) is 21.3. The van der Waals surface area contributed by atoms with Gasteiger partial charge in [-0.15, -0.1) is 0 Å². The summed E-state index contributed by atoms with van der Waals surface area (Å²) in [7, 11) is 1.72. The van der Waals surface area contributed by atoms with Crippen LogP contribution in [0.5, 0.6) is 5.75 Å². The van der Waals surface area contributed by atoms with Gasteiger partial charge in [0.2, 0.25) is 5.91 Å². The van der Waals surface area contributed by atoms with Gasteiger partial charge in [0.1, 0.15) is 23.9 Å². The molecule has 0 saturated heterocycles. The van der Waals surface area contributed by atoms with Crippen molar-refractivity contribution in [3.63, 3.8) is 0 Å². The first-order chi connectivity index (χ1) is 17.3. The SMILES string of the molecule is CCN(C)C(=O)c1ccc(COc2ccc3c(c2)[C@@H](c2ccc(F)cc2)N(C(=O)CC(C)C)CC3)o1. The van der Waals surface area contributed by atoms with Gasteiger partial charge in [-0.25, -0.2) is 4.39 Å². The molecule has 4 rings (SSSR count). The first kappa shape index (κ1) is 25.5.